The zero-order valence-electron chi connectivity index (χ0n) is 11.1. The number of hydrogen-bond donors (Lipinski definition) is 0. The second-order valence-electron chi connectivity index (χ2n) is 4.87. The minimum Gasteiger partial charge on any atom is -0.298 e. The fraction of sp³-hybridized carbons (Fsp3) is 0.583. The minimum atomic E-state index is -3.42. The zero-order chi connectivity index (χ0) is 14.0. The fourth-order valence-corrected chi connectivity index (χ4v) is 4.07. The number of hydrogen-bond acceptors (Lipinski definition) is 4. The van der Waals surface area contributed by atoms with Gasteiger partial charge in [0.15, 0.2) is 0 Å². The molecule has 0 saturated carbocycles. The summed E-state index contributed by atoms with van der Waals surface area (Å²) in [5.41, 5.74) is 0. The number of halogens is 1. The molecule has 106 valence electrons. The Morgan fingerprint density at radius 3 is 2.37 bits per heavy atom. The number of piperazine rings is 1. The highest BCUT2D eigenvalue weighted by molar-refractivity contribution is 9.10. The van der Waals surface area contributed by atoms with Crippen molar-refractivity contribution in [3.05, 3.63) is 22.9 Å². The predicted molar refractivity (Wildman–Crippen MR) is 77.4 cm³/mol. The van der Waals surface area contributed by atoms with Gasteiger partial charge >= 0.3 is 0 Å². The third-order valence-electron chi connectivity index (χ3n) is 3.32. The summed E-state index contributed by atoms with van der Waals surface area (Å²) in [6.07, 6.45) is 2.98. The van der Waals surface area contributed by atoms with E-state index in [9.17, 15) is 8.42 Å². The van der Waals surface area contributed by atoms with E-state index >= 15 is 0 Å². The Hall–Kier alpha value is -0.500. The van der Waals surface area contributed by atoms with E-state index < -0.39 is 10.0 Å². The molecule has 0 amide bonds. The van der Waals surface area contributed by atoms with Crippen LogP contribution < -0.4 is 0 Å². The topological polar surface area (TPSA) is 53.5 Å². The Morgan fingerprint density at radius 1 is 1.21 bits per heavy atom. The quantitative estimate of drug-likeness (QED) is 0.832. The Balaban J connectivity index is 2.14. The Kier molecular flexibility index (Phi) is 4.60. The summed E-state index contributed by atoms with van der Waals surface area (Å²) >= 11 is 3.25. The molecule has 0 N–H and O–H groups in total. The smallest absolute Gasteiger partial charge is 0.244 e. The number of pyridine rings is 1. The summed E-state index contributed by atoms with van der Waals surface area (Å²) in [5, 5.41) is 0. The number of aromatic nitrogens is 1. The monoisotopic (exact) mass is 347 g/mol. The van der Waals surface area contributed by atoms with Gasteiger partial charge in [-0.3, -0.25) is 9.88 Å². The average Bonchev–Trinajstić information content (AvgIpc) is 2.39. The molecule has 7 heteroatoms. The van der Waals surface area contributed by atoms with E-state index in [1.54, 1.807) is 12.3 Å². The van der Waals surface area contributed by atoms with Crippen molar-refractivity contribution in [2.45, 2.75) is 24.8 Å². The first-order valence-electron chi connectivity index (χ1n) is 6.26. The van der Waals surface area contributed by atoms with Gasteiger partial charge in [0.2, 0.25) is 10.0 Å². The van der Waals surface area contributed by atoms with Crippen LogP contribution in [0.25, 0.3) is 0 Å². The summed E-state index contributed by atoms with van der Waals surface area (Å²) < 4.78 is 27.1. The highest BCUT2D eigenvalue weighted by atomic mass is 79.9. The third kappa shape index (κ3) is 3.34. The molecule has 1 aliphatic rings. The van der Waals surface area contributed by atoms with Gasteiger partial charge in [-0.15, -0.1) is 0 Å². The van der Waals surface area contributed by atoms with Crippen LogP contribution in [0.2, 0.25) is 0 Å². The normalized spacial score (nSPS) is 18.9. The highest BCUT2D eigenvalue weighted by Gasteiger charge is 2.29. The molecule has 1 aromatic rings. The molecule has 0 aliphatic carbocycles. The molecular formula is C12H18BrN3O2S. The lowest BCUT2D eigenvalue weighted by Gasteiger charge is -2.36. The van der Waals surface area contributed by atoms with Crippen molar-refractivity contribution in [3.8, 4) is 0 Å². The molecule has 2 heterocycles. The van der Waals surface area contributed by atoms with Crippen molar-refractivity contribution >= 4 is 26.0 Å². The second-order valence-corrected chi connectivity index (χ2v) is 7.73. The molecular weight excluding hydrogens is 330 g/mol. The van der Waals surface area contributed by atoms with Crippen molar-refractivity contribution in [3.63, 3.8) is 0 Å². The molecule has 0 atom stereocenters. The van der Waals surface area contributed by atoms with Gasteiger partial charge in [0, 0.05) is 49.1 Å². The van der Waals surface area contributed by atoms with Gasteiger partial charge in [0.05, 0.1) is 0 Å². The molecule has 1 aliphatic heterocycles. The Bertz CT molecular complexity index is 540. The van der Waals surface area contributed by atoms with Crippen molar-refractivity contribution in [1.29, 1.82) is 0 Å². The van der Waals surface area contributed by atoms with Gasteiger partial charge in [0.25, 0.3) is 0 Å². The Morgan fingerprint density at radius 2 is 1.84 bits per heavy atom. The molecule has 0 spiro atoms. The number of nitrogens with zero attached hydrogens (tertiary/aromatic N) is 3. The van der Waals surface area contributed by atoms with Crippen molar-refractivity contribution in [2.75, 3.05) is 26.2 Å². The summed E-state index contributed by atoms with van der Waals surface area (Å²) in [6, 6.07) is 2.05. The molecule has 0 aromatic carbocycles. The number of sulfonamides is 1. The summed E-state index contributed by atoms with van der Waals surface area (Å²) in [7, 11) is -3.42. The van der Waals surface area contributed by atoms with Crippen molar-refractivity contribution in [1.82, 2.24) is 14.2 Å². The van der Waals surface area contributed by atoms with E-state index in [0.717, 1.165) is 13.1 Å². The summed E-state index contributed by atoms with van der Waals surface area (Å²) in [6.45, 7) is 6.88. The van der Waals surface area contributed by atoms with Crippen LogP contribution in [0.15, 0.2) is 27.8 Å². The summed E-state index contributed by atoms with van der Waals surface area (Å²) in [5.74, 6) is 0. The minimum absolute atomic E-state index is 0.250. The maximum absolute atomic E-state index is 12.5. The van der Waals surface area contributed by atoms with Crippen molar-refractivity contribution < 1.29 is 8.42 Å². The van der Waals surface area contributed by atoms with Gasteiger partial charge < -0.3 is 0 Å². The summed E-state index contributed by atoms with van der Waals surface area (Å²) in [4.78, 5) is 6.46. The van der Waals surface area contributed by atoms with E-state index in [1.807, 2.05) is 0 Å². The second kappa shape index (κ2) is 5.87. The van der Waals surface area contributed by atoms with Crippen LogP contribution in [0.3, 0.4) is 0 Å². The van der Waals surface area contributed by atoms with Crippen LogP contribution in [0.4, 0.5) is 0 Å². The first-order chi connectivity index (χ1) is 8.91. The molecule has 19 heavy (non-hydrogen) atoms. The van der Waals surface area contributed by atoms with Crippen LogP contribution in [-0.4, -0.2) is 54.8 Å². The zero-order valence-corrected chi connectivity index (χ0v) is 13.5. The average molecular weight is 348 g/mol. The van der Waals surface area contributed by atoms with Crippen LogP contribution >= 0.6 is 15.9 Å². The van der Waals surface area contributed by atoms with Crippen LogP contribution in [0.5, 0.6) is 0 Å². The van der Waals surface area contributed by atoms with Gasteiger partial charge in [0.1, 0.15) is 4.90 Å². The molecule has 0 radical (unpaired) electrons. The van der Waals surface area contributed by atoms with Gasteiger partial charge in [-0.2, -0.15) is 4.31 Å². The van der Waals surface area contributed by atoms with E-state index in [0.29, 0.717) is 23.6 Å². The van der Waals surface area contributed by atoms with E-state index in [-0.39, 0.29) is 4.90 Å². The lowest BCUT2D eigenvalue weighted by Crippen LogP contribution is -2.50. The molecule has 0 bridgehead atoms. The first kappa shape index (κ1) is 14.9. The Labute approximate surface area is 122 Å². The first-order valence-corrected chi connectivity index (χ1v) is 8.49. The lowest BCUT2D eigenvalue weighted by molar-refractivity contribution is 0.154. The van der Waals surface area contributed by atoms with Crippen molar-refractivity contribution in [2.24, 2.45) is 0 Å². The SMILES string of the molecule is CC(C)N1CCN(S(=O)(=O)c2cncc(Br)c2)CC1. The molecule has 2 rings (SSSR count). The molecule has 1 saturated heterocycles. The third-order valence-corrected chi connectivity index (χ3v) is 5.62. The molecule has 5 nitrogen and oxygen atoms in total. The molecule has 1 fully saturated rings. The lowest BCUT2D eigenvalue weighted by atomic mass is 10.3. The standard InChI is InChI=1S/C12H18BrN3O2S/c1-10(2)15-3-5-16(6-4-15)19(17,18)12-7-11(13)8-14-9-12/h7-10H,3-6H2,1-2H3. The predicted octanol–water partition coefficient (Wildman–Crippen LogP) is 1.56. The van der Waals surface area contributed by atoms with Crippen LogP contribution in [-0.2, 0) is 10.0 Å². The largest absolute Gasteiger partial charge is 0.298 e. The van der Waals surface area contributed by atoms with Crippen LogP contribution in [0.1, 0.15) is 13.8 Å². The van der Waals surface area contributed by atoms with Crippen LogP contribution in [0, 0.1) is 0 Å². The van der Waals surface area contributed by atoms with E-state index in [1.165, 1.54) is 10.5 Å². The number of rotatable bonds is 3. The molecule has 0 unspecified atom stereocenters. The van der Waals surface area contributed by atoms with Gasteiger partial charge in [-0.25, -0.2) is 8.42 Å². The van der Waals surface area contributed by atoms with E-state index in [2.05, 4.69) is 39.7 Å². The maximum atomic E-state index is 12.5. The fourth-order valence-electron chi connectivity index (χ4n) is 2.14. The highest BCUT2D eigenvalue weighted by Crippen LogP contribution is 2.20. The van der Waals surface area contributed by atoms with Gasteiger partial charge in [-0.1, -0.05) is 0 Å². The maximum Gasteiger partial charge on any atom is 0.244 e. The molecule has 1 aromatic heterocycles. The van der Waals surface area contributed by atoms with Gasteiger partial charge in [-0.05, 0) is 35.8 Å². The van der Waals surface area contributed by atoms with E-state index in [4.69, 9.17) is 0 Å².